The summed E-state index contributed by atoms with van der Waals surface area (Å²) in [4.78, 5) is 18.3. The van der Waals surface area contributed by atoms with Crippen LogP contribution in [0.1, 0.15) is 17.1 Å². The summed E-state index contributed by atoms with van der Waals surface area (Å²) in [5.41, 5.74) is 0.957. The highest BCUT2D eigenvalue weighted by molar-refractivity contribution is 5.91. The van der Waals surface area contributed by atoms with Gasteiger partial charge in [-0.1, -0.05) is 6.07 Å². The molecule has 0 radical (unpaired) electrons. The van der Waals surface area contributed by atoms with E-state index in [4.69, 9.17) is 8.83 Å². The molecule has 0 aliphatic carbocycles. The van der Waals surface area contributed by atoms with Crippen LogP contribution < -0.4 is 0 Å². The molecule has 116 valence electrons. The Bertz CT molecular complexity index is 747. The Morgan fingerprint density at radius 3 is 2.65 bits per heavy atom. The van der Waals surface area contributed by atoms with Gasteiger partial charge in [0, 0.05) is 25.0 Å². The van der Waals surface area contributed by atoms with Crippen molar-refractivity contribution in [3.8, 4) is 0 Å². The predicted octanol–water partition coefficient (Wildman–Crippen LogP) is 3.51. The van der Waals surface area contributed by atoms with Gasteiger partial charge in [-0.15, -0.1) is 0 Å². The normalized spacial score (nSPS) is 11.0. The van der Waals surface area contributed by atoms with Gasteiger partial charge in [0.2, 0.25) is 5.91 Å². The molecule has 5 nitrogen and oxygen atoms in total. The minimum absolute atomic E-state index is 0.123. The van der Waals surface area contributed by atoms with Gasteiger partial charge in [-0.25, -0.2) is 0 Å². The number of hydrogen-bond donors (Lipinski definition) is 0. The van der Waals surface area contributed by atoms with Gasteiger partial charge in [-0.3, -0.25) is 9.78 Å². The third-order valence-corrected chi connectivity index (χ3v) is 3.27. The zero-order valence-electron chi connectivity index (χ0n) is 12.5. The summed E-state index contributed by atoms with van der Waals surface area (Å²) < 4.78 is 10.6. The van der Waals surface area contributed by atoms with Gasteiger partial charge >= 0.3 is 0 Å². The van der Waals surface area contributed by atoms with Crippen LogP contribution in [0.4, 0.5) is 0 Å². The molecule has 0 aliphatic heterocycles. The van der Waals surface area contributed by atoms with Crippen molar-refractivity contribution in [1.82, 2.24) is 9.88 Å². The maximum absolute atomic E-state index is 12.5. The Hall–Kier alpha value is -3.08. The van der Waals surface area contributed by atoms with E-state index in [1.54, 1.807) is 54.1 Å². The van der Waals surface area contributed by atoms with E-state index in [2.05, 4.69) is 4.98 Å². The smallest absolute Gasteiger partial charge is 0.247 e. The van der Waals surface area contributed by atoms with E-state index in [0.29, 0.717) is 18.8 Å². The Labute approximate surface area is 133 Å². The second-order valence-corrected chi connectivity index (χ2v) is 4.98. The van der Waals surface area contributed by atoms with E-state index in [1.165, 1.54) is 6.08 Å². The first-order valence-electron chi connectivity index (χ1n) is 7.23. The lowest BCUT2D eigenvalue weighted by Crippen LogP contribution is -2.28. The first kappa shape index (κ1) is 14.8. The highest BCUT2D eigenvalue weighted by atomic mass is 16.3. The van der Waals surface area contributed by atoms with Gasteiger partial charge in [-0.05, 0) is 42.0 Å². The van der Waals surface area contributed by atoms with E-state index in [0.717, 1.165) is 11.3 Å². The van der Waals surface area contributed by atoms with Crippen molar-refractivity contribution in [1.29, 1.82) is 0 Å². The number of nitrogens with zero attached hydrogens (tertiary/aromatic N) is 2. The molecule has 0 spiro atoms. The van der Waals surface area contributed by atoms with Crippen LogP contribution in [0.2, 0.25) is 0 Å². The molecule has 0 aliphatic rings. The van der Waals surface area contributed by atoms with Gasteiger partial charge in [0.1, 0.15) is 11.5 Å². The van der Waals surface area contributed by atoms with Crippen molar-refractivity contribution in [2.24, 2.45) is 0 Å². The van der Waals surface area contributed by atoms with Crippen molar-refractivity contribution < 1.29 is 13.6 Å². The molecule has 5 heteroatoms. The molecule has 1 amide bonds. The zero-order chi connectivity index (χ0) is 15.9. The second kappa shape index (κ2) is 7.26. The molecule has 0 fully saturated rings. The molecule has 0 N–H and O–H groups in total. The first-order valence-corrected chi connectivity index (χ1v) is 7.23. The van der Waals surface area contributed by atoms with Gasteiger partial charge in [0.25, 0.3) is 0 Å². The quantitative estimate of drug-likeness (QED) is 0.654. The summed E-state index contributed by atoms with van der Waals surface area (Å²) in [6.07, 6.45) is 9.78. The van der Waals surface area contributed by atoms with Crippen molar-refractivity contribution >= 4 is 12.0 Å². The van der Waals surface area contributed by atoms with Gasteiger partial charge < -0.3 is 13.7 Å². The lowest BCUT2D eigenvalue weighted by Gasteiger charge is -2.20. The molecular weight excluding hydrogens is 292 g/mol. The van der Waals surface area contributed by atoms with E-state index < -0.39 is 0 Å². The maximum Gasteiger partial charge on any atom is 0.247 e. The summed E-state index contributed by atoms with van der Waals surface area (Å²) in [6, 6.07) is 11.0. The Morgan fingerprint density at radius 2 is 1.96 bits per heavy atom. The number of carbonyl (C=O) groups excluding carboxylic acids is 1. The van der Waals surface area contributed by atoms with Crippen LogP contribution >= 0.6 is 0 Å². The fourth-order valence-corrected chi connectivity index (χ4v) is 2.16. The maximum atomic E-state index is 12.5. The number of hydrogen-bond acceptors (Lipinski definition) is 4. The molecule has 3 aromatic heterocycles. The molecular formula is C18H16N2O3. The fourth-order valence-electron chi connectivity index (χ4n) is 2.16. The van der Waals surface area contributed by atoms with Crippen molar-refractivity contribution in [2.45, 2.75) is 13.1 Å². The Morgan fingerprint density at radius 1 is 1.09 bits per heavy atom. The van der Waals surface area contributed by atoms with E-state index in [-0.39, 0.29) is 5.91 Å². The number of aromatic nitrogens is 1. The standard InChI is InChI=1S/C18H16N2O3/c21-18(8-7-16-5-2-10-22-16)20(14-17-6-3-11-23-17)13-15-4-1-9-19-12-15/h1-12H,13-14H2. The number of amides is 1. The third-order valence-electron chi connectivity index (χ3n) is 3.27. The molecule has 3 rings (SSSR count). The number of pyridine rings is 1. The first-order chi connectivity index (χ1) is 11.3. The van der Waals surface area contributed by atoms with Crippen molar-refractivity contribution in [3.05, 3.63) is 84.5 Å². The van der Waals surface area contributed by atoms with Crippen LogP contribution in [0.25, 0.3) is 6.08 Å². The lowest BCUT2D eigenvalue weighted by atomic mass is 10.2. The predicted molar refractivity (Wildman–Crippen MR) is 84.9 cm³/mol. The average molecular weight is 308 g/mol. The fraction of sp³-hybridized carbons (Fsp3) is 0.111. The number of furan rings is 2. The molecule has 0 aromatic carbocycles. The van der Waals surface area contributed by atoms with Crippen LogP contribution in [0.15, 0.2) is 76.2 Å². The minimum Gasteiger partial charge on any atom is -0.467 e. The summed E-state index contributed by atoms with van der Waals surface area (Å²) in [6.45, 7) is 0.846. The SMILES string of the molecule is O=C(C=Cc1ccco1)N(Cc1cccnc1)Cc1ccco1. The van der Waals surface area contributed by atoms with Crippen molar-refractivity contribution in [3.63, 3.8) is 0 Å². The van der Waals surface area contributed by atoms with E-state index >= 15 is 0 Å². The van der Waals surface area contributed by atoms with Gasteiger partial charge in [-0.2, -0.15) is 0 Å². The number of carbonyl (C=O) groups is 1. The van der Waals surface area contributed by atoms with Crippen LogP contribution in [-0.4, -0.2) is 15.8 Å². The molecule has 0 saturated carbocycles. The Kier molecular flexibility index (Phi) is 4.69. The van der Waals surface area contributed by atoms with E-state index in [1.807, 2.05) is 18.2 Å². The molecule has 0 unspecified atom stereocenters. The molecule has 23 heavy (non-hydrogen) atoms. The highest BCUT2D eigenvalue weighted by Crippen LogP contribution is 2.12. The average Bonchev–Trinajstić information content (AvgIpc) is 3.26. The molecule has 3 heterocycles. The summed E-state index contributed by atoms with van der Waals surface area (Å²) in [5, 5.41) is 0. The summed E-state index contributed by atoms with van der Waals surface area (Å²) in [5.74, 6) is 1.24. The van der Waals surface area contributed by atoms with Crippen LogP contribution in [0, 0.1) is 0 Å². The molecule has 0 saturated heterocycles. The van der Waals surface area contributed by atoms with E-state index in [9.17, 15) is 4.79 Å². The van der Waals surface area contributed by atoms with Crippen LogP contribution in [-0.2, 0) is 17.9 Å². The topological polar surface area (TPSA) is 59.5 Å². The third kappa shape index (κ3) is 4.20. The van der Waals surface area contributed by atoms with Crippen LogP contribution in [0.3, 0.4) is 0 Å². The lowest BCUT2D eigenvalue weighted by molar-refractivity contribution is -0.127. The highest BCUT2D eigenvalue weighted by Gasteiger charge is 2.14. The monoisotopic (exact) mass is 308 g/mol. The van der Waals surface area contributed by atoms with Gasteiger partial charge in [0.05, 0.1) is 19.1 Å². The number of rotatable bonds is 6. The minimum atomic E-state index is -0.123. The summed E-state index contributed by atoms with van der Waals surface area (Å²) >= 11 is 0. The summed E-state index contributed by atoms with van der Waals surface area (Å²) in [7, 11) is 0. The zero-order valence-corrected chi connectivity index (χ0v) is 12.5. The Balaban J connectivity index is 1.74. The van der Waals surface area contributed by atoms with Crippen molar-refractivity contribution in [2.75, 3.05) is 0 Å². The molecule has 0 bridgehead atoms. The van der Waals surface area contributed by atoms with Gasteiger partial charge in [0.15, 0.2) is 0 Å². The molecule has 0 atom stereocenters. The van der Waals surface area contributed by atoms with Crippen LogP contribution in [0.5, 0.6) is 0 Å². The second-order valence-electron chi connectivity index (χ2n) is 4.98. The molecule has 3 aromatic rings. The largest absolute Gasteiger partial charge is 0.467 e.